The van der Waals surface area contributed by atoms with E-state index < -0.39 is 0 Å². The number of likely N-dealkylation sites (N-methyl/N-ethyl adjacent to an activating group) is 1. The summed E-state index contributed by atoms with van der Waals surface area (Å²) in [4.78, 5) is 0. The smallest absolute Gasteiger partial charge is 0.0808 e. The summed E-state index contributed by atoms with van der Waals surface area (Å²) in [5.74, 6) is 0.578. The van der Waals surface area contributed by atoms with Crippen LogP contribution in [0.5, 0.6) is 0 Å². The van der Waals surface area contributed by atoms with Crippen LogP contribution in [0.4, 0.5) is 0 Å². The molecule has 1 heterocycles. The van der Waals surface area contributed by atoms with Gasteiger partial charge in [0.2, 0.25) is 0 Å². The summed E-state index contributed by atoms with van der Waals surface area (Å²) in [5, 5.41) is 13.1. The van der Waals surface area contributed by atoms with E-state index in [2.05, 4.69) is 12.2 Å². The molecule has 1 aliphatic heterocycles. The van der Waals surface area contributed by atoms with Crippen molar-refractivity contribution in [1.82, 2.24) is 5.32 Å². The van der Waals surface area contributed by atoms with Gasteiger partial charge in [-0.3, -0.25) is 0 Å². The summed E-state index contributed by atoms with van der Waals surface area (Å²) in [6, 6.07) is 0. The first-order valence-corrected chi connectivity index (χ1v) is 7.36. The van der Waals surface area contributed by atoms with Gasteiger partial charge in [0, 0.05) is 6.61 Å². The van der Waals surface area contributed by atoms with E-state index in [9.17, 15) is 5.11 Å². The van der Waals surface area contributed by atoms with E-state index in [0.29, 0.717) is 19.1 Å². The largest absolute Gasteiger partial charge is 0.394 e. The second kappa shape index (κ2) is 6.85. The summed E-state index contributed by atoms with van der Waals surface area (Å²) in [6.45, 7) is 5.26. The number of ether oxygens (including phenoxy) is 2. The van der Waals surface area contributed by atoms with E-state index in [1.807, 2.05) is 0 Å². The average Bonchev–Trinajstić information content (AvgIpc) is 3.24. The van der Waals surface area contributed by atoms with E-state index in [-0.39, 0.29) is 18.2 Å². The van der Waals surface area contributed by atoms with Crippen molar-refractivity contribution in [3.63, 3.8) is 0 Å². The number of rotatable bonds is 8. The lowest BCUT2D eigenvalue weighted by atomic mass is 9.95. The Morgan fingerprint density at radius 3 is 2.72 bits per heavy atom. The molecule has 2 N–H and O–H groups in total. The summed E-state index contributed by atoms with van der Waals surface area (Å²) >= 11 is 0. The van der Waals surface area contributed by atoms with Crippen LogP contribution in [0.25, 0.3) is 0 Å². The van der Waals surface area contributed by atoms with Gasteiger partial charge in [0.25, 0.3) is 0 Å². The monoisotopic (exact) mass is 257 g/mol. The molecule has 2 fully saturated rings. The van der Waals surface area contributed by atoms with Crippen LogP contribution in [0.3, 0.4) is 0 Å². The molecule has 0 aromatic carbocycles. The number of hydrogen-bond donors (Lipinski definition) is 2. The van der Waals surface area contributed by atoms with Crippen LogP contribution in [-0.2, 0) is 9.47 Å². The van der Waals surface area contributed by atoms with Crippen molar-refractivity contribution in [2.75, 3.05) is 33.0 Å². The molecule has 0 spiro atoms. The van der Waals surface area contributed by atoms with E-state index in [4.69, 9.17) is 9.47 Å². The predicted molar refractivity (Wildman–Crippen MR) is 70.6 cm³/mol. The molecule has 2 atom stereocenters. The molecular weight excluding hydrogens is 230 g/mol. The Morgan fingerprint density at radius 2 is 2.17 bits per heavy atom. The van der Waals surface area contributed by atoms with Gasteiger partial charge in [0.15, 0.2) is 0 Å². The summed E-state index contributed by atoms with van der Waals surface area (Å²) < 4.78 is 11.5. The van der Waals surface area contributed by atoms with Crippen molar-refractivity contribution in [3.05, 3.63) is 0 Å². The summed E-state index contributed by atoms with van der Waals surface area (Å²) in [5.41, 5.74) is -0.219. The van der Waals surface area contributed by atoms with Crippen molar-refractivity contribution in [2.45, 2.75) is 50.7 Å². The maximum atomic E-state index is 9.68. The van der Waals surface area contributed by atoms with Gasteiger partial charge in [-0.2, -0.15) is 0 Å². The Kier molecular flexibility index (Phi) is 5.42. The quantitative estimate of drug-likeness (QED) is 0.688. The third-order valence-corrected chi connectivity index (χ3v) is 4.11. The fraction of sp³-hybridized carbons (Fsp3) is 1.00. The average molecular weight is 257 g/mol. The highest BCUT2D eigenvalue weighted by atomic mass is 16.5. The van der Waals surface area contributed by atoms with Crippen molar-refractivity contribution in [3.8, 4) is 0 Å². The summed E-state index contributed by atoms with van der Waals surface area (Å²) in [7, 11) is 0. The standard InChI is InChI=1S/C14H27NO3/c1-2-15-14(10-16,12-6-7-12)11-17-9-13-5-3-4-8-18-13/h12-13,15-16H,2-11H2,1H3. The second-order valence-electron chi connectivity index (χ2n) is 5.62. The highest BCUT2D eigenvalue weighted by molar-refractivity contribution is 5.00. The highest BCUT2D eigenvalue weighted by Crippen LogP contribution is 2.39. The van der Waals surface area contributed by atoms with Crippen LogP contribution >= 0.6 is 0 Å². The van der Waals surface area contributed by atoms with Crippen molar-refractivity contribution in [2.24, 2.45) is 5.92 Å². The maximum absolute atomic E-state index is 9.68. The molecule has 0 aromatic rings. The molecule has 4 nitrogen and oxygen atoms in total. The normalized spacial score (nSPS) is 28.0. The van der Waals surface area contributed by atoms with Gasteiger partial charge < -0.3 is 19.9 Å². The van der Waals surface area contributed by atoms with Crippen LogP contribution in [-0.4, -0.2) is 49.7 Å². The van der Waals surface area contributed by atoms with Gasteiger partial charge in [-0.15, -0.1) is 0 Å². The fourth-order valence-electron chi connectivity index (χ4n) is 2.84. The van der Waals surface area contributed by atoms with Crippen molar-refractivity contribution >= 4 is 0 Å². The second-order valence-corrected chi connectivity index (χ2v) is 5.62. The minimum absolute atomic E-state index is 0.164. The topological polar surface area (TPSA) is 50.7 Å². The van der Waals surface area contributed by atoms with Gasteiger partial charge >= 0.3 is 0 Å². The van der Waals surface area contributed by atoms with Crippen LogP contribution in [0, 0.1) is 5.92 Å². The Morgan fingerprint density at radius 1 is 1.33 bits per heavy atom. The molecule has 18 heavy (non-hydrogen) atoms. The Hall–Kier alpha value is -0.160. The number of aliphatic hydroxyl groups is 1. The van der Waals surface area contributed by atoms with Gasteiger partial charge in [0.05, 0.1) is 31.5 Å². The molecule has 1 saturated carbocycles. The number of hydrogen-bond acceptors (Lipinski definition) is 4. The van der Waals surface area contributed by atoms with Gasteiger partial charge in [0.1, 0.15) is 0 Å². The lowest BCUT2D eigenvalue weighted by Gasteiger charge is -2.33. The maximum Gasteiger partial charge on any atom is 0.0808 e. The zero-order chi connectivity index (χ0) is 12.8. The van der Waals surface area contributed by atoms with E-state index in [0.717, 1.165) is 19.6 Å². The lowest BCUT2D eigenvalue weighted by Crippen LogP contribution is -2.54. The molecule has 0 radical (unpaired) electrons. The summed E-state index contributed by atoms with van der Waals surface area (Å²) in [6.07, 6.45) is 6.20. The van der Waals surface area contributed by atoms with Gasteiger partial charge in [-0.25, -0.2) is 0 Å². The molecule has 0 bridgehead atoms. The Balaban J connectivity index is 1.74. The Bertz CT molecular complexity index is 239. The Labute approximate surface area is 110 Å². The molecule has 4 heteroatoms. The first kappa shape index (κ1) is 14.3. The zero-order valence-electron chi connectivity index (χ0n) is 11.5. The first-order chi connectivity index (χ1) is 8.80. The van der Waals surface area contributed by atoms with Crippen molar-refractivity contribution in [1.29, 1.82) is 0 Å². The lowest BCUT2D eigenvalue weighted by molar-refractivity contribution is -0.0601. The van der Waals surface area contributed by atoms with E-state index in [1.54, 1.807) is 0 Å². The minimum Gasteiger partial charge on any atom is -0.394 e. The molecule has 0 amide bonds. The van der Waals surface area contributed by atoms with Crippen LogP contribution in [0.2, 0.25) is 0 Å². The van der Waals surface area contributed by atoms with Crippen LogP contribution in [0.1, 0.15) is 39.0 Å². The third-order valence-electron chi connectivity index (χ3n) is 4.11. The van der Waals surface area contributed by atoms with Crippen LogP contribution in [0.15, 0.2) is 0 Å². The predicted octanol–water partition coefficient (Wildman–Crippen LogP) is 1.32. The van der Waals surface area contributed by atoms with E-state index in [1.165, 1.54) is 25.7 Å². The number of aliphatic hydroxyl groups excluding tert-OH is 1. The van der Waals surface area contributed by atoms with Gasteiger partial charge in [-0.1, -0.05) is 6.92 Å². The minimum atomic E-state index is -0.219. The molecule has 1 aliphatic carbocycles. The highest BCUT2D eigenvalue weighted by Gasteiger charge is 2.44. The molecule has 2 unspecified atom stereocenters. The fourth-order valence-corrected chi connectivity index (χ4v) is 2.84. The third kappa shape index (κ3) is 3.67. The SMILES string of the molecule is CCNC(CO)(COCC1CCCCO1)C1CC1. The molecule has 0 aromatic heterocycles. The van der Waals surface area contributed by atoms with E-state index >= 15 is 0 Å². The van der Waals surface area contributed by atoms with Crippen LogP contribution < -0.4 is 5.32 Å². The van der Waals surface area contributed by atoms with Crippen molar-refractivity contribution < 1.29 is 14.6 Å². The first-order valence-electron chi connectivity index (χ1n) is 7.36. The van der Waals surface area contributed by atoms with Gasteiger partial charge in [-0.05, 0) is 44.6 Å². The molecule has 2 aliphatic rings. The molecule has 2 rings (SSSR count). The molecular formula is C14H27NO3. The number of nitrogens with one attached hydrogen (secondary N) is 1. The molecule has 106 valence electrons. The molecule has 1 saturated heterocycles. The zero-order valence-corrected chi connectivity index (χ0v) is 11.5.